The van der Waals surface area contributed by atoms with Crippen molar-refractivity contribution in [1.82, 2.24) is 15.0 Å². The summed E-state index contributed by atoms with van der Waals surface area (Å²) >= 11 is 5.96. The zero-order valence-corrected chi connectivity index (χ0v) is 15.1. The Bertz CT molecular complexity index is 1160. The van der Waals surface area contributed by atoms with Gasteiger partial charge in [-0.25, -0.2) is 4.98 Å². The van der Waals surface area contributed by atoms with E-state index in [1.807, 2.05) is 36.4 Å². The number of hydrogen-bond acceptors (Lipinski definition) is 5. The monoisotopic (exact) mass is 378 g/mol. The van der Waals surface area contributed by atoms with Gasteiger partial charge in [-0.05, 0) is 53.6 Å². The number of fused-ring (bicyclic) bond motifs is 1. The Balaban J connectivity index is 1.76. The van der Waals surface area contributed by atoms with Crippen LogP contribution in [0.15, 0.2) is 65.6 Å². The molecule has 2 N–H and O–H groups in total. The molecule has 4 rings (SSSR count). The van der Waals surface area contributed by atoms with Crippen LogP contribution in [-0.4, -0.2) is 22.1 Å². The third kappa shape index (κ3) is 3.47. The van der Waals surface area contributed by atoms with Gasteiger partial charge in [-0.3, -0.25) is 9.78 Å². The molecule has 0 spiro atoms. The molecule has 7 heteroatoms. The number of anilines is 2. The van der Waals surface area contributed by atoms with E-state index in [0.29, 0.717) is 22.0 Å². The van der Waals surface area contributed by atoms with Gasteiger partial charge in [0.25, 0.3) is 5.56 Å². The van der Waals surface area contributed by atoms with Crippen LogP contribution in [0.5, 0.6) is 5.75 Å². The van der Waals surface area contributed by atoms with Crippen molar-refractivity contribution < 1.29 is 4.74 Å². The van der Waals surface area contributed by atoms with Gasteiger partial charge in [0.1, 0.15) is 5.75 Å². The Morgan fingerprint density at radius 1 is 1.04 bits per heavy atom. The standard InChI is InChI=1S/C20H15ClN4O2/c1-27-15-8-6-14(7-9-15)23-20-24-18-17(19(26)25-20)16(10-11-22-18)12-2-4-13(21)5-3-12/h2-11H,1H3,(H2,22,23,24,25,26). The number of aromatic amines is 1. The van der Waals surface area contributed by atoms with E-state index in [2.05, 4.69) is 20.3 Å². The number of halogens is 1. The SMILES string of the molecule is COc1ccc(Nc2nc3nccc(-c4ccc(Cl)cc4)c3c(=O)[nH]2)cc1. The first-order valence-electron chi connectivity index (χ1n) is 8.20. The lowest BCUT2D eigenvalue weighted by atomic mass is 10.0. The minimum absolute atomic E-state index is 0.269. The van der Waals surface area contributed by atoms with Gasteiger partial charge in [-0.2, -0.15) is 4.98 Å². The predicted octanol–water partition coefficient (Wildman–Crippen LogP) is 4.39. The summed E-state index contributed by atoms with van der Waals surface area (Å²) in [6.45, 7) is 0. The van der Waals surface area contributed by atoms with Crippen molar-refractivity contribution in [3.63, 3.8) is 0 Å². The molecule has 2 aromatic carbocycles. The molecule has 0 aliphatic carbocycles. The number of rotatable bonds is 4. The molecule has 0 unspecified atom stereocenters. The average Bonchev–Trinajstić information content (AvgIpc) is 2.69. The fourth-order valence-electron chi connectivity index (χ4n) is 2.80. The van der Waals surface area contributed by atoms with Crippen LogP contribution < -0.4 is 15.6 Å². The number of hydrogen-bond donors (Lipinski definition) is 2. The number of methoxy groups -OCH3 is 1. The highest BCUT2D eigenvalue weighted by Gasteiger charge is 2.11. The van der Waals surface area contributed by atoms with Gasteiger partial charge in [0, 0.05) is 16.9 Å². The molecular weight excluding hydrogens is 364 g/mol. The van der Waals surface area contributed by atoms with E-state index in [0.717, 1.165) is 22.6 Å². The zero-order chi connectivity index (χ0) is 18.8. The molecule has 0 aliphatic heterocycles. The summed E-state index contributed by atoms with van der Waals surface area (Å²) in [5, 5.41) is 4.14. The predicted molar refractivity (Wildman–Crippen MR) is 107 cm³/mol. The van der Waals surface area contributed by atoms with E-state index in [-0.39, 0.29) is 5.56 Å². The Labute approximate surface area is 159 Å². The van der Waals surface area contributed by atoms with Crippen LogP contribution in [0.1, 0.15) is 0 Å². The number of benzene rings is 2. The van der Waals surface area contributed by atoms with Crippen LogP contribution in [0.3, 0.4) is 0 Å². The summed E-state index contributed by atoms with van der Waals surface area (Å²) in [5.41, 5.74) is 2.49. The summed E-state index contributed by atoms with van der Waals surface area (Å²) in [6, 6.07) is 16.4. The topological polar surface area (TPSA) is 79.9 Å². The van der Waals surface area contributed by atoms with Gasteiger partial charge >= 0.3 is 0 Å². The van der Waals surface area contributed by atoms with Crippen molar-refractivity contribution in [1.29, 1.82) is 0 Å². The van der Waals surface area contributed by atoms with E-state index in [1.54, 1.807) is 31.5 Å². The summed E-state index contributed by atoms with van der Waals surface area (Å²) in [5.74, 6) is 1.06. The maximum absolute atomic E-state index is 12.7. The lowest BCUT2D eigenvalue weighted by Crippen LogP contribution is -2.13. The van der Waals surface area contributed by atoms with Crippen LogP contribution in [0, 0.1) is 0 Å². The highest BCUT2D eigenvalue weighted by atomic mass is 35.5. The molecular formula is C20H15ClN4O2. The summed E-state index contributed by atoms with van der Waals surface area (Å²) in [4.78, 5) is 24.2. The van der Waals surface area contributed by atoms with E-state index in [1.165, 1.54) is 0 Å². The normalized spacial score (nSPS) is 10.7. The minimum Gasteiger partial charge on any atom is -0.497 e. The molecule has 0 saturated carbocycles. The fourth-order valence-corrected chi connectivity index (χ4v) is 2.93. The van der Waals surface area contributed by atoms with Gasteiger partial charge in [-0.15, -0.1) is 0 Å². The maximum atomic E-state index is 12.7. The molecule has 0 fully saturated rings. The first-order chi connectivity index (χ1) is 13.1. The molecule has 2 heterocycles. The second kappa shape index (κ2) is 7.09. The van der Waals surface area contributed by atoms with E-state index < -0.39 is 0 Å². The molecule has 0 saturated heterocycles. The molecule has 0 amide bonds. The summed E-state index contributed by atoms with van der Waals surface area (Å²) in [6.07, 6.45) is 1.63. The molecule has 0 aliphatic rings. The second-order valence-corrected chi connectivity index (χ2v) is 6.27. The molecule has 0 atom stereocenters. The van der Waals surface area contributed by atoms with Crippen LogP contribution in [0.25, 0.3) is 22.2 Å². The van der Waals surface area contributed by atoms with Crippen LogP contribution in [0.4, 0.5) is 11.6 Å². The van der Waals surface area contributed by atoms with Crippen LogP contribution in [-0.2, 0) is 0 Å². The number of pyridine rings is 1. The lowest BCUT2D eigenvalue weighted by Gasteiger charge is -2.09. The van der Waals surface area contributed by atoms with Crippen LogP contribution in [0.2, 0.25) is 5.02 Å². The van der Waals surface area contributed by atoms with Gasteiger partial charge in [0.05, 0.1) is 12.5 Å². The van der Waals surface area contributed by atoms with Crippen molar-refractivity contribution in [3.05, 3.63) is 76.2 Å². The number of aromatic nitrogens is 3. The van der Waals surface area contributed by atoms with Crippen molar-refractivity contribution in [2.45, 2.75) is 0 Å². The Hall–Kier alpha value is -3.38. The average molecular weight is 379 g/mol. The second-order valence-electron chi connectivity index (χ2n) is 5.83. The Morgan fingerprint density at radius 2 is 1.78 bits per heavy atom. The van der Waals surface area contributed by atoms with E-state index in [9.17, 15) is 4.79 Å². The number of nitrogens with zero attached hydrogens (tertiary/aromatic N) is 2. The molecule has 2 aromatic heterocycles. The smallest absolute Gasteiger partial charge is 0.262 e. The number of nitrogens with one attached hydrogen (secondary N) is 2. The van der Waals surface area contributed by atoms with Crippen LogP contribution >= 0.6 is 11.6 Å². The van der Waals surface area contributed by atoms with Crippen molar-refractivity contribution in [2.24, 2.45) is 0 Å². The van der Waals surface area contributed by atoms with Crippen molar-refractivity contribution in [2.75, 3.05) is 12.4 Å². The van der Waals surface area contributed by atoms with Crippen molar-refractivity contribution >= 4 is 34.3 Å². The quantitative estimate of drug-likeness (QED) is 0.550. The Kier molecular flexibility index (Phi) is 4.48. The zero-order valence-electron chi connectivity index (χ0n) is 14.4. The van der Waals surface area contributed by atoms with Gasteiger partial charge in [0.2, 0.25) is 5.95 Å². The molecule has 0 radical (unpaired) electrons. The highest BCUT2D eigenvalue weighted by molar-refractivity contribution is 6.30. The Morgan fingerprint density at radius 3 is 2.48 bits per heavy atom. The third-order valence-corrected chi connectivity index (χ3v) is 4.37. The first kappa shape index (κ1) is 17.1. The summed E-state index contributed by atoms with van der Waals surface area (Å²) in [7, 11) is 1.61. The molecule has 0 bridgehead atoms. The fraction of sp³-hybridized carbons (Fsp3) is 0.0500. The minimum atomic E-state index is -0.269. The molecule has 134 valence electrons. The van der Waals surface area contributed by atoms with Crippen molar-refractivity contribution in [3.8, 4) is 16.9 Å². The van der Waals surface area contributed by atoms with E-state index in [4.69, 9.17) is 16.3 Å². The first-order valence-corrected chi connectivity index (χ1v) is 8.58. The number of ether oxygens (including phenoxy) is 1. The lowest BCUT2D eigenvalue weighted by molar-refractivity contribution is 0.415. The van der Waals surface area contributed by atoms with Gasteiger partial charge in [-0.1, -0.05) is 23.7 Å². The molecule has 4 aromatic rings. The highest BCUT2D eigenvalue weighted by Crippen LogP contribution is 2.26. The third-order valence-electron chi connectivity index (χ3n) is 4.12. The molecule has 6 nitrogen and oxygen atoms in total. The van der Waals surface area contributed by atoms with E-state index >= 15 is 0 Å². The summed E-state index contributed by atoms with van der Waals surface area (Å²) < 4.78 is 5.14. The van der Waals surface area contributed by atoms with Gasteiger partial charge < -0.3 is 10.1 Å². The van der Waals surface area contributed by atoms with Gasteiger partial charge in [0.15, 0.2) is 5.65 Å². The number of H-pyrrole nitrogens is 1. The molecule has 27 heavy (non-hydrogen) atoms. The largest absolute Gasteiger partial charge is 0.497 e. The maximum Gasteiger partial charge on any atom is 0.262 e.